The highest BCUT2D eigenvalue weighted by Crippen LogP contribution is 2.30. The Balaban J connectivity index is 1.48. The van der Waals surface area contributed by atoms with Gasteiger partial charge in [-0.25, -0.2) is 4.90 Å². The Hall–Kier alpha value is -3.61. The highest BCUT2D eigenvalue weighted by Gasteiger charge is 2.38. The van der Waals surface area contributed by atoms with Crippen LogP contribution in [0.15, 0.2) is 89.6 Å². The van der Waals surface area contributed by atoms with Crippen molar-refractivity contribution in [2.24, 2.45) is 0 Å². The molecule has 31 heavy (non-hydrogen) atoms. The van der Waals surface area contributed by atoms with E-state index in [1.807, 2.05) is 18.2 Å². The fourth-order valence-electron chi connectivity index (χ4n) is 3.01. The maximum Gasteiger partial charge on any atom is 0.283 e. The molecule has 0 saturated heterocycles. The van der Waals surface area contributed by atoms with Crippen molar-refractivity contribution in [2.45, 2.75) is 0 Å². The van der Waals surface area contributed by atoms with Crippen LogP contribution in [0.1, 0.15) is 10.4 Å². The smallest absolute Gasteiger partial charge is 0.283 e. The number of carbonyl (C=O) groups excluding carboxylic acids is 3. The zero-order valence-electron chi connectivity index (χ0n) is 15.9. The summed E-state index contributed by atoms with van der Waals surface area (Å²) < 4.78 is 0. The molecule has 0 radical (unpaired) electrons. The standard InChI is InChI=1S/C23H15Cl2N3O3/c24-15-8-12-18(13-9-15)28-22(30)19(25)20(23(28)31)26-17-10-6-14(7-11-17)21(29)27-16-4-2-1-3-5-16/h1-13,26H,(H,27,29). The number of imide groups is 1. The van der Waals surface area contributed by atoms with Crippen molar-refractivity contribution in [2.75, 3.05) is 15.5 Å². The second kappa shape index (κ2) is 8.63. The lowest BCUT2D eigenvalue weighted by Crippen LogP contribution is -2.32. The van der Waals surface area contributed by atoms with Crippen LogP contribution in [0.4, 0.5) is 17.1 Å². The van der Waals surface area contributed by atoms with Crippen molar-refractivity contribution in [1.82, 2.24) is 0 Å². The van der Waals surface area contributed by atoms with E-state index < -0.39 is 11.8 Å². The predicted octanol–water partition coefficient (Wildman–Crippen LogP) is 5.03. The third-order valence-electron chi connectivity index (χ3n) is 4.56. The lowest BCUT2D eigenvalue weighted by Gasteiger charge is -2.15. The van der Waals surface area contributed by atoms with Gasteiger partial charge in [0.1, 0.15) is 10.7 Å². The molecule has 2 N–H and O–H groups in total. The van der Waals surface area contributed by atoms with Gasteiger partial charge in [-0.3, -0.25) is 14.4 Å². The van der Waals surface area contributed by atoms with E-state index in [0.29, 0.717) is 27.6 Å². The Morgan fingerprint density at radius 3 is 2.03 bits per heavy atom. The van der Waals surface area contributed by atoms with Gasteiger partial charge in [0.25, 0.3) is 17.7 Å². The Labute approximate surface area is 188 Å². The van der Waals surface area contributed by atoms with E-state index >= 15 is 0 Å². The van der Waals surface area contributed by atoms with Gasteiger partial charge in [0.2, 0.25) is 0 Å². The molecule has 1 heterocycles. The normalized spacial score (nSPS) is 13.5. The van der Waals surface area contributed by atoms with E-state index in [1.54, 1.807) is 60.7 Å². The summed E-state index contributed by atoms with van der Waals surface area (Å²) >= 11 is 12.0. The molecule has 3 aromatic rings. The average Bonchev–Trinajstić information content (AvgIpc) is 2.99. The molecule has 3 aromatic carbocycles. The van der Waals surface area contributed by atoms with Crippen LogP contribution in [0.2, 0.25) is 5.02 Å². The molecular weight excluding hydrogens is 437 g/mol. The summed E-state index contributed by atoms with van der Waals surface area (Å²) in [5, 5.41) is 5.94. The topological polar surface area (TPSA) is 78.5 Å². The van der Waals surface area contributed by atoms with Crippen LogP contribution in [-0.2, 0) is 9.59 Å². The van der Waals surface area contributed by atoms with E-state index in [4.69, 9.17) is 23.2 Å². The number of amides is 3. The number of para-hydroxylation sites is 1. The molecule has 1 aliphatic heterocycles. The maximum atomic E-state index is 12.8. The summed E-state index contributed by atoms with van der Waals surface area (Å²) in [6.07, 6.45) is 0. The molecule has 0 saturated carbocycles. The molecular formula is C23H15Cl2N3O3. The summed E-state index contributed by atoms with van der Waals surface area (Å²) in [5.41, 5.74) is 1.95. The SMILES string of the molecule is O=C(Nc1ccccc1)c1ccc(NC2=C(Cl)C(=O)N(c3ccc(Cl)cc3)C2=O)cc1. The number of carbonyl (C=O) groups is 3. The van der Waals surface area contributed by atoms with Gasteiger partial charge in [-0.1, -0.05) is 41.4 Å². The molecule has 4 rings (SSSR count). The van der Waals surface area contributed by atoms with Gasteiger partial charge in [0, 0.05) is 22.0 Å². The zero-order chi connectivity index (χ0) is 22.0. The summed E-state index contributed by atoms with van der Waals surface area (Å²) in [6.45, 7) is 0. The fourth-order valence-corrected chi connectivity index (χ4v) is 3.35. The van der Waals surface area contributed by atoms with E-state index in [2.05, 4.69) is 10.6 Å². The zero-order valence-corrected chi connectivity index (χ0v) is 17.4. The first-order valence-electron chi connectivity index (χ1n) is 9.21. The molecule has 0 aromatic heterocycles. The minimum Gasteiger partial charge on any atom is -0.350 e. The van der Waals surface area contributed by atoms with Crippen LogP contribution in [0, 0.1) is 0 Å². The lowest BCUT2D eigenvalue weighted by atomic mass is 10.2. The number of nitrogens with one attached hydrogen (secondary N) is 2. The van der Waals surface area contributed by atoms with Gasteiger partial charge in [0.15, 0.2) is 0 Å². The Kier molecular flexibility index (Phi) is 5.75. The average molecular weight is 452 g/mol. The lowest BCUT2D eigenvalue weighted by molar-refractivity contribution is -0.120. The van der Waals surface area contributed by atoms with Crippen LogP contribution in [0.5, 0.6) is 0 Å². The number of hydrogen-bond donors (Lipinski definition) is 2. The van der Waals surface area contributed by atoms with Gasteiger partial charge in [0.05, 0.1) is 5.69 Å². The Morgan fingerprint density at radius 1 is 0.742 bits per heavy atom. The Morgan fingerprint density at radius 2 is 1.39 bits per heavy atom. The first kappa shape index (κ1) is 20.7. The number of nitrogens with zero attached hydrogens (tertiary/aromatic N) is 1. The first-order valence-corrected chi connectivity index (χ1v) is 9.97. The largest absolute Gasteiger partial charge is 0.350 e. The molecule has 0 fully saturated rings. The van der Waals surface area contributed by atoms with Gasteiger partial charge in [-0.2, -0.15) is 0 Å². The number of halogens is 2. The van der Waals surface area contributed by atoms with Crippen LogP contribution >= 0.6 is 23.2 Å². The van der Waals surface area contributed by atoms with Crippen molar-refractivity contribution in [1.29, 1.82) is 0 Å². The van der Waals surface area contributed by atoms with Crippen LogP contribution < -0.4 is 15.5 Å². The van der Waals surface area contributed by atoms with Crippen molar-refractivity contribution in [3.05, 3.63) is 100 Å². The van der Waals surface area contributed by atoms with Crippen LogP contribution in [0.3, 0.4) is 0 Å². The minimum absolute atomic E-state index is 0.0388. The third kappa shape index (κ3) is 4.30. The van der Waals surface area contributed by atoms with E-state index in [0.717, 1.165) is 4.90 Å². The molecule has 1 aliphatic rings. The van der Waals surface area contributed by atoms with E-state index in [1.165, 1.54) is 0 Å². The van der Waals surface area contributed by atoms with Crippen molar-refractivity contribution < 1.29 is 14.4 Å². The molecule has 154 valence electrons. The molecule has 8 heteroatoms. The summed E-state index contributed by atoms with van der Waals surface area (Å²) in [4.78, 5) is 38.6. The number of rotatable bonds is 5. The van der Waals surface area contributed by atoms with Crippen molar-refractivity contribution in [3.8, 4) is 0 Å². The van der Waals surface area contributed by atoms with Gasteiger partial charge in [-0.15, -0.1) is 0 Å². The molecule has 0 aliphatic carbocycles. The highest BCUT2D eigenvalue weighted by atomic mass is 35.5. The molecule has 3 amide bonds. The van der Waals surface area contributed by atoms with Crippen molar-refractivity contribution in [3.63, 3.8) is 0 Å². The molecule has 0 spiro atoms. The number of hydrogen-bond acceptors (Lipinski definition) is 4. The number of anilines is 3. The van der Waals surface area contributed by atoms with Crippen molar-refractivity contribution >= 4 is 58.0 Å². The van der Waals surface area contributed by atoms with Gasteiger partial charge in [-0.05, 0) is 60.7 Å². The van der Waals surface area contributed by atoms with E-state index in [9.17, 15) is 14.4 Å². The molecule has 0 bridgehead atoms. The first-order chi connectivity index (χ1) is 14.9. The quantitative estimate of drug-likeness (QED) is 0.533. The predicted molar refractivity (Wildman–Crippen MR) is 121 cm³/mol. The summed E-state index contributed by atoms with van der Waals surface area (Å²) in [5.74, 6) is -1.48. The second-order valence-electron chi connectivity index (χ2n) is 6.63. The van der Waals surface area contributed by atoms with Crippen LogP contribution in [-0.4, -0.2) is 17.7 Å². The Bertz CT molecular complexity index is 1190. The van der Waals surface area contributed by atoms with Crippen LogP contribution in [0.25, 0.3) is 0 Å². The monoisotopic (exact) mass is 451 g/mol. The third-order valence-corrected chi connectivity index (χ3v) is 5.16. The fraction of sp³-hybridized carbons (Fsp3) is 0. The summed E-state index contributed by atoms with van der Waals surface area (Å²) in [6, 6.07) is 21.8. The van der Waals surface area contributed by atoms with Gasteiger partial charge < -0.3 is 10.6 Å². The molecule has 0 atom stereocenters. The molecule has 0 unspecified atom stereocenters. The second-order valence-corrected chi connectivity index (χ2v) is 7.45. The van der Waals surface area contributed by atoms with E-state index in [-0.39, 0.29) is 16.6 Å². The highest BCUT2D eigenvalue weighted by molar-refractivity contribution is 6.53. The maximum absolute atomic E-state index is 12.8. The minimum atomic E-state index is -0.629. The van der Waals surface area contributed by atoms with Gasteiger partial charge >= 0.3 is 0 Å². The molecule has 6 nitrogen and oxygen atoms in total. The summed E-state index contributed by atoms with van der Waals surface area (Å²) in [7, 11) is 0. The number of benzene rings is 3.